The van der Waals surface area contributed by atoms with E-state index in [1.54, 1.807) is 25.1 Å². The largest absolute Gasteiger partial charge is 0.487 e. The van der Waals surface area contributed by atoms with Crippen molar-refractivity contribution in [3.8, 4) is 11.5 Å². The van der Waals surface area contributed by atoms with E-state index in [9.17, 15) is 4.79 Å². The van der Waals surface area contributed by atoms with Crippen LogP contribution in [0.2, 0.25) is 0 Å². The molecule has 0 N–H and O–H groups in total. The zero-order chi connectivity index (χ0) is 13.4. The minimum atomic E-state index is -0.462. The topological polar surface area (TPSA) is 44.8 Å². The van der Waals surface area contributed by atoms with Crippen molar-refractivity contribution < 1.29 is 19.0 Å². The van der Waals surface area contributed by atoms with Gasteiger partial charge in [0.2, 0.25) is 0 Å². The smallest absolute Gasteiger partial charge is 0.338 e. The van der Waals surface area contributed by atoms with E-state index >= 15 is 0 Å². The molecule has 0 radical (unpaired) electrons. The Kier molecular flexibility index (Phi) is 5.94. The first-order valence-electron chi connectivity index (χ1n) is 5.82. The van der Waals surface area contributed by atoms with Gasteiger partial charge in [-0.15, -0.1) is 0 Å². The van der Waals surface area contributed by atoms with Crippen molar-refractivity contribution in [2.24, 2.45) is 0 Å². The highest BCUT2D eigenvalue weighted by atomic mass is 16.6. The number of rotatable bonds is 7. The molecule has 0 bridgehead atoms. The summed E-state index contributed by atoms with van der Waals surface area (Å²) >= 11 is 0. The molecule has 0 aliphatic rings. The second kappa shape index (κ2) is 7.50. The highest BCUT2D eigenvalue weighted by Gasteiger charge is 2.10. The molecular formula is C14H18O4. The number of para-hydroxylation sites is 2. The van der Waals surface area contributed by atoms with Gasteiger partial charge in [-0.3, -0.25) is 0 Å². The lowest BCUT2D eigenvalue weighted by Crippen LogP contribution is -2.11. The maximum atomic E-state index is 11.4. The van der Waals surface area contributed by atoms with Crippen molar-refractivity contribution in [1.82, 2.24) is 0 Å². The lowest BCUT2D eigenvalue weighted by molar-refractivity contribution is -0.130. The first kappa shape index (κ1) is 14.3. The van der Waals surface area contributed by atoms with E-state index in [1.807, 2.05) is 13.0 Å². The number of carbonyl (C=O) groups excluding carboxylic acids is 1. The molecule has 0 saturated carbocycles. The van der Waals surface area contributed by atoms with Crippen LogP contribution in [0.15, 0.2) is 36.4 Å². The normalized spacial score (nSPS) is 9.89. The van der Waals surface area contributed by atoms with Crippen molar-refractivity contribution in [3.05, 3.63) is 36.4 Å². The van der Waals surface area contributed by atoms with E-state index in [-0.39, 0.29) is 0 Å². The zero-order valence-electron chi connectivity index (χ0n) is 10.8. The van der Waals surface area contributed by atoms with Crippen molar-refractivity contribution in [1.29, 1.82) is 0 Å². The van der Waals surface area contributed by atoms with Crippen molar-refractivity contribution in [2.75, 3.05) is 19.8 Å². The standard InChI is InChI=1S/C14H18O4/c1-4-16-9-10-17-12-7-5-6-8-13(12)18-14(15)11(2)3/h5-8H,2,4,9-10H2,1,3H3. The van der Waals surface area contributed by atoms with E-state index in [2.05, 4.69) is 6.58 Å². The Morgan fingerprint density at radius 3 is 2.50 bits per heavy atom. The predicted molar refractivity (Wildman–Crippen MR) is 68.9 cm³/mol. The number of benzene rings is 1. The first-order chi connectivity index (χ1) is 8.65. The Hall–Kier alpha value is -1.81. The summed E-state index contributed by atoms with van der Waals surface area (Å²) in [4.78, 5) is 11.4. The average Bonchev–Trinajstić information content (AvgIpc) is 2.36. The zero-order valence-corrected chi connectivity index (χ0v) is 10.8. The Balaban J connectivity index is 2.61. The lowest BCUT2D eigenvalue weighted by atomic mass is 10.3. The van der Waals surface area contributed by atoms with Crippen LogP contribution in [-0.4, -0.2) is 25.8 Å². The van der Waals surface area contributed by atoms with Crippen LogP contribution in [0.4, 0.5) is 0 Å². The molecule has 18 heavy (non-hydrogen) atoms. The monoisotopic (exact) mass is 250 g/mol. The summed E-state index contributed by atoms with van der Waals surface area (Å²) in [6, 6.07) is 7.01. The fraction of sp³-hybridized carbons (Fsp3) is 0.357. The van der Waals surface area contributed by atoms with Gasteiger partial charge in [0.15, 0.2) is 11.5 Å². The molecule has 1 aromatic rings. The highest BCUT2D eigenvalue weighted by molar-refractivity contribution is 5.89. The molecule has 0 spiro atoms. The second-order valence-electron chi connectivity index (χ2n) is 3.66. The molecule has 0 aliphatic heterocycles. The molecule has 4 nitrogen and oxygen atoms in total. The minimum absolute atomic E-state index is 0.346. The number of ether oxygens (including phenoxy) is 3. The van der Waals surface area contributed by atoms with Gasteiger partial charge >= 0.3 is 5.97 Å². The Morgan fingerprint density at radius 2 is 1.89 bits per heavy atom. The van der Waals surface area contributed by atoms with Crippen molar-refractivity contribution >= 4 is 5.97 Å². The van der Waals surface area contributed by atoms with Crippen LogP contribution in [0.25, 0.3) is 0 Å². The molecule has 1 rings (SSSR count). The van der Waals surface area contributed by atoms with E-state index in [1.165, 1.54) is 0 Å². The third kappa shape index (κ3) is 4.59. The summed E-state index contributed by atoms with van der Waals surface area (Å²) in [5.74, 6) is 0.449. The van der Waals surface area contributed by atoms with Crippen LogP contribution in [0.1, 0.15) is 13.8 Å². The third-order valence-corrected chi connectivity index (χ3v) is 2.09. The number of carbonyl (C=O) groups is 1. The molecule has 0 fully saturated rings. The molecular weight excluding hydrogens is 232 g/mol. The van der Waals surface area contributed by atoms with E-state index in [0.29, 0.717) is 36.9 Å². The van der Waals surface area contributed by atoms with E-state index < -0.39 is 5.97 Å². The van der Waals surface area contributed by atoms with Crippen LogP contribution < -0.4 is 9.47 Å². The van der Waals surface area contributed by atoms with Gasteiger partial charge in [0.05, 0.1) is 6.61 Å². The quantitative estimate of drug-likeness (QED) is 0.323. The molecule has 1 aromatic carbocycles. The Labute approximate surface area is 107 Å². The molecule has 0 saturated heterocycles. The third-order valence-electron chi connectivity index (χ3n) is 2.09. The molecule has 0 heterocycles. The van der Waals surface area contributed by atoms with Gasteiger partial charge in [-0.1, -0.05) is 18.7 Å². The van der Waals surface area contributed by atoms with Gasteiger partial charge in [0.25, 0.3) is 0 Å². The highest BCUT2D eigenvalue weighted by Crippen LogP contribution is 2.26. The van der Waals surface area contributed by atoms with E-state index in [4.69, 9.17) is 14.2 Å². The fourth-order valence-corrected chi connectivity index (χ4v) is 1.20. The summed E-state index contributed by atoms with van der Waals surface area (Å²) in [5, 5.41) is 0. The Bertz CT molecular complexity index is 412. The fourth-order valence-electron chi connectivity index (χ4n) is 1.20. The van der Waals surface area contributed by atoms with Crippen molar-refractivity contribution in [2.45, 2.75) is 13.8 Å². The van der Waals surface area contributed by atoms with Crippen LogP contribution in [-0.2, 0) is 9.53 Å². The molecule has 0 amide bonds. The summed E-state index contributed by atoms with van der Waals surface area (Å²) in [7, 11) is 0. The first-order valence-corrected chi connectivity index (χ1v) is 5.82. The summed E-state index contributed by atoms with van der Waals surface area (Å²) in [6.07, 6.45) is 0. The number of hydrogen-bond acceptors (Lipinski definition) is 4. The van der Waals surface area contributed by atoms with Gasteiger partial charge in [0.1, 0.15) is 6.61 Å². The molecule has 0 aliphatic carbocycles. The molecule has 4 heteroatoms. The van der Waals surface area contributed by atoms with Gasteiger partial charge in [-0.25, -0.2) is 4.79 Å². The molecule has 0 aromatic heterocycles. The summed E-state index contributed by atoms with van der Waals surface area (Å²) in [6.45, 7) is 8.61. The van der Waals surface area contributed by atoms with Gasteiger partial charge < -0.3 is 14.2 Å². The SMILES string of the molecule is C=C(C)C(=O)Oc1ccccc1OCCOCC. The summed E-state index contributed by atoms with van der Waals surface area (Å²) in [5.41, 5.74) is 0.346. The molecule has 98 valence electrons. The van der Waals surface area contributed by atoms with E-state index in [0.717, 1.165) is 0 Å². The average molecular weight is 250 g/mol. The van der Waals surface area contributed by atoms with Crippen LogP contribution in [0.3, 0.4) is 0 Å². The predicted octanol–water partition coefficient (Wildman–Crippen LogP) is 2.58. The van der Waals surface area contributed by atoms with Crippen LogP contribution in [0.5, 0.6) is 11.5 Å². The summed E-state index contributed by atoms with van der Waals surface area (Å²) < 4.78 is 15.8. The number of esters is 1. The lowest BCUT2D eigenvalue weighted by Gasteiger charge is -2.11. The van der Waals surface area contributed by atoms with Crippen LogP contribution >= 0.6 is 0 Å². The minimum Gasteiger partial charge on any atom is -0.487 e. The maximum Gasteiger partial charge on any atom is 0.338 e. The van der Waals surface area contributed by atoms with Gasteiger partial charge in [-0.05, 0) is 26.0 Å². The molecule has 0 unspecified atom stereocenters. The van der Waals surface area contributed by atoms with Gasteiger partial charge in [-0.2, -0.15) is 0 Å². The van der Waals surface area contributed by atoms with Gasteiger partial charge in [0, 0.05) is 12.2 Å². The Morgan fingerprint density at radius 1 is 1.22 bits per heavy atom. The van der Waals surface area contributed by atoms with Crippen LogP contribution in [0, 0.1) is 0 Å². The maximum absolute atomic E-state index is 11.4. The molecule has 0 atom stereocenters. The second-order valence-corrected chi connectivity index (χ2v) is 3.66. The number of hydrogen-bond donors (Lipinski definition) is 0. The van der Waals surface area contributed by atoms with Crippen molar-refractivity contribution in [3.63, 3.8) is 0 Å².